The Kier molecular flexibility index (Phi) is 5.04. The van der Waals surface area contributed by atoms with Crippen LogP contribution in [0.1, 0.15) is 27.8 Å². The van der Waals surface area contributed by atoms with E-state index in [1.807, 2.05) is 0 Å². The van der Waals surface area contributed by atoms with Crippen LogP contribution < -0.4 is 4.90 Å². The van der Waals surface area contributed by atoms with Gasteiger partial charge in [-0.05, 0) is 67.6 Å². The highest BCUT2D eigenvalue weighted by molar-refractivity contribution is 8.13. The molecule has 4 rings (SSSR count). The van der Waals surface area contributed by atoms with Crippen molar-refractivity contribution in [3.8, 4) is 0 Å². The van der Waals surface area contributed by atoms with Crippen molar-refractivity contribution in [1.82, 2.24) is 0 Å². The molecule has 0 unspecified atom stereocenters. The molecule has 6 heteroatoms. The van der Waals surface area contributed by atoms with Gasteiger partial charge < -0.3 is 4.90 Å². The molecule has 0 N–H and O–H groups in total. The summed E-state index contributed by atoms with van der Waals surface area (Å²) in [5.74, 6) is 1.17. The molecule has 1 saturated heterocycles. The lowest BCUT2D eigenvalue weighted by atomic mass is 10.1. The summed E-state index contributed by atoms with van der Waals surface area (Å²) >= 11 is 1.70. The van der Waals surface area contributed by atoms with Crippen molar-refractivity contribution in [2.24, 2.45) is 4.99 Å². The Labute approximate surface area is 172 Å². The summed E-state index contributed by atoms with van der Waals surface area (Å²) in [5, 5.41) is 0.936. The van der Waals surface area contributed by atoms with E-state index in [1.165, 1.54) is 27.8 Å². The van der Waals surface area contributed by atoms with E-state index in [4.69, 9.17) is 4.99 Å². The van der Waals surface area contributed by atoms with E-state index in [1.54, 1.807) is 11.8 Å². The molecule has 0 aliphatic carbocycles. The summed E-state index contributed by atoms with van der Waals surface area (Å²) < 4.78 is 24.4. The molecule has 2 aromatic rings. The van der Waals surface area contributed by atoms with Crippen molar-refractivity contribution >= 4 is 32.5 Å². The second-order valence-corrected chi connectivity index (χ2v) is 11.1. The summed E-state index contributed by atoms with van der Waals surface area (Å²) in [5.41, 5.74) is 7.34. The van der Waals surface area contributed by atoms with Gasteiger partial charge in [-0.15, -0.1) is 0 Å². The maximum atomic E-state index is 12.2. The quantitative estimate of drug-likeness (QED) is 0.755. The first-order valence-electron chi connectivity index (χ1n) is 9.57. The topological polar surface area (TPSA) is 49.7 Å². The number of nitrogens with zero attached hydrogens (tertiary/aromatic N) is 2. The van der Waals surface area contributed by atoms with E-state index in [0.717, 1.165) is 16.6 Å². The SMILES string of the molecule is Cc1ccc(CSC2=N[C@@H]3CS(=O)(=O)C[C@@H]3N2c2ccc(C)c(C)c2)cc1C. The molecule has 0 amide bonds. The molecule has 4 nitrogen and oxygen atoms in total. The Hall–Kier alpha value is -1.79. The second-order valence-electron chi connectivity index (χ2n) is 7.97. The van der Waals surface area contributed by atoms with Gasteiger partial charge in [0.1, 0.15) is 0 Å². The molecule has 2 aromatic carbocycles. The molecule has 2 heterocycles. The van der Waals surface area contributed by atoms with E-state index in [9.17, 15) is 8.42 Å². The number of thioether (sulfide) groups is 1. The Balaban J connectivity index is 1.63. The van der Waals surface area contributed by atoms with Gasteiger partial charge in [-0.25, -0.2) is 8.42 Å². The van der Waals surface area contributed by atoms with Crippen molar-refractivity contribution in [3.63, 3.8) is 0 Å². The minimum Gasteiger partial charge on any atom is -0.315 e. The number of hydrogen-bond acceptors (Lipinski definition) is 5. The molecule has 148 valence electrons. The summed E-state index contributed by atoms with van der Waals surface area (Å²) in [6.45, 7) is 8.44. The van der Waals surface area contributed by atoms with Crippen molar-refractivity contribution in [2.75, 3.05) is 16.4 Å². The van der Waals surface area contributed by atoms with Crippen LogP contribution in [-0.2, 0) is 15.6 Å². The molecule has 0 aromatic heterocycles. The fourth-order valence-corrected chi connectivity index (χ4v) is 6.76. The van der Waals surface area contributed by atoms with Crippen LogP contribution in [0.25, 0.3) is 0 Å². The van der Waals surface area contributed by atoms with Crippen LogP contribution in [0, 0.1) is 27.7 Å². The molecule has 2 aliphatic rings. The summed E-state index contributed by atoms with van der Waals surface area (Å²) in [7, 11) is -3.02. The molecular formula is C22H26N2O2S2. The van der Waals surface area contributed by atoms with Crippen molar-refractivity contribution < 1.29 is 8.42 Å². The normalized spacial score (nSPS) is 23.0. The average Bonchev–Trinajstić information content (AvgIpc) is 3.09. The zero-order valence-corrected chi connectivity index (χ0v) is 18.4. The van der Waals surface area contributed by atoms with E-state index < -0.39 is 9.84 Å². The van der Waals surface area contributed by atoms with Gasteiger partial charge in [-0.1, -0.05) is 36.0 Å². The molecule has 0 radical (unpaired) electrons. The van der Waals surface area contributed by atoms with E-state index in [0.29, 0.717) is 0 Å². The first kappa shape index (κ1) is 19.5. The largest absolute Gasteiger partial charge is 0.315 e. The highest BCUT2D eigenvalue weighted by atomic mass is 32.2. The average molecular weight is 415 g/mol. The first-order chi connectivity index (χ1) is 13.2. The fraction of sp³-hybridized carbons (Fsp3) is 0.409. The first-order valence-corrected chi connectivity index (χ1v) is 12.4. The Morgan fingerprint density at radius 1 is 0.964 bits per heavy atom. The third-order valence-corrected chi connectivity index (χ3v) is 8.55. The number of sulfone groups is 1. The zero-order chi connectivity index (χ0) is 20.1. The summed E-state index contributed by atoms with van der Waals surface area (Å²) in [6.07, 6.45) is 0. The molecule has 2 aliphatic heterocycles. The predicted octanol–water partition coefficient (Wildman–Crippen LogP) is 4.20. The lowest BCUT2D eigenvalue weighted by Gasteiger charge is -2.27. The van der Waals surface area contributed by atoms with Gasteiger partial charge in [-0.2, -0.15) is 0 Å². The Morgan fingerprint density at radius 2 is 1.64 bits per heavy atom. The van der Waals surface area contributed by atoms with Gasteiger partial charge in [0.2, 0.25) is 0 Å². The number of anilines is 1. The maximum absolute atomic E-state index is 12.2. The predicted molar refractivity (Wildman–Crippen MR) is 119 cm³/mol. The van der Waals surface area contributed by atoms with Crippen LogP contribution in [0.2, 0.25) is 0 Å². The number of hydrogen-bond donors (Lipinski definition) is 0. The lowest BCUT2D eigenvalue weighted by Crippen LogP contribution is -2.39. The van der Waals surface area contributed by atoms with Crippen LogP contribution >= 0.6 is 11.8 Å². The highest BCUT2D eigenvalue weighted by Crippen LogP contribution is 2.36. The third kappa shape index (κ3) is 3.72. The zero-order valence-electron chi connectivity index (χ0n) is 16.8. The van der Waals surface area contributed by atoms with Crippen LogP contribution in [0.15, 0.2) is 41.4 Å². The van der Waals surface area contributed by atoms with Crippen LogP contribution in [0.3, 0.4) is 0 Å². The maximum Gasteiger partial charge on any atom is 0.164 e. The van der Waals surface area contributed by atoms with Crippen LogP contribution in [-0.4, -0.2) is 37.2 Å². The van der Waals surface area contributed by atoms with Gasteiger partial charge >= 0.3 is 0 Å². The van der Waals surface area contributed by atoms with E-state index in [-0.39, 0.29) is 23.6 Å². The van der Waals surface area contributed by atoms with Crippen LogP contribution in [0.4, 0.5) is 5.69 Å². The summed E-state index contributed by atoms with van der Waals surface area (Å²) in [6, 6.07) is 12.6. The third-order valence-electron chi connectivity index (χ3n) is 5.82. The standard InChI is InChI=1S/C22H26N2O2S2/c1-14-5-7-18(9-16(14)3)11-27-22-23-20-12-28(25,26)13-21(20)24(22)19-8-6-15(2)17(4)10-19/h5-10,20-21H,11-13H2,1-4H3/t20-,21+/m1/s1. The Morgan fingerprint density at radius 3 is 2.32 bits per heavy atom. The second kappa shape index (κ2) is 7.23. The number of aliphatic imine (C=N–C) groups is 1. The fourth-order valence-electron chi connectivity index (χ4n) is 3.85. The van der Waals surface area contributed by atoms with Crippen molar-refractivity contribution in [3.05, 3.63) is 64.2 Å². The lowest BCUT2D eigenvalue weighted by molar-refractivity contribution is 0.601. The van der Waals surface area contributed by atoms with Gasteiger partial charge in [0.05, 0.1) is 23.6 Å². The number of aryl methyl sites for hydroxylation is 4. The molecular weight excluding hydrogens is 388 g/mol. The number of amidine groups is 1. The van der Waals surface area contributed by atoms with E-state index in [2.05, 4.69) is 69.0 Å². The van der Waals surface area contributed by atoms with Gasteiger partial charge in [-0.3, -0.25) is 4.99 Å². The minimum absolute atomic E-state index is 0.0886. The molecule has 2 atom stereocenters. The molecule has 28 heavy (non-hydrogen) atoms. The highest BCUT2D eigenvalue weighted by Gasteiger charge is 2.47. The molecule has 1 fully saturated rings. The number of fused-ring (bicyclic) bond motifs is 1. The number of benzene rings is 2. The molecule has 0 saturated carbocycles. The van der Waals surface area contributed by atoms with E-state index >= 15 is 0 Å². The molecule has 0 spiro atoms. The van der Waals surface area contributed by atoms with Crippen molar-refractivity contribution in [2.45, 2.75) is 45.5 Å². The minimum atomic E-state index is -3.02. The Bertz CT molecular complexity index is 1060. The monoisotopic (exact) mass is 414 g/mol. The van der Waals surface area contributed by atoms with Gasteiger partial charge in [0.25, 0.3) is 0 Å². The smallest absolute Gasteiger partial charge is 0.164 e. The number of rotatable bonds is 3. The van der Waals surface area contributed by atoms with Gasteiger partial charge in [0.15, 0.2) is 15.0 Å². The molecule has 0 bridgehead atoms. The van der Waals surface area contributed by atoms with Crippen LogP contribution in [0.5, 0.6) is 0 Å². The summed E-state index contributed by atoms with van der Waals surface area (Å²) in [4.78, 5) is 7.00. The van der Waals surface area contributed by atoms with Gasteiger partial charge in [0, 0.05) is 11.4 Å². The van der Waals surface area contributed by atoms with Crippen molar-refractivity contribution in [1.29, 1.82) is 0 Å².